The lowest BCUT2D eigenvalue weighted by atomic mass is 10.2. The molecular weight excluding hydrogens is 324 g/mol. The van der Waals surface area contributed by atoms with E-state index in [0.29, 0.717) is 24.4 Å². The summed E-state index contributed by atoms with van der Waals surface area (Å²) in [4.78, 5) is 13.7. The van der Waals surface area contributed by atoms with Crippen molar-refractivity contribution in [3.8, 4) is 0 Å². The number of amides is 1. The normalized spacial score (nSPS) is 18.5. The van der Waals surface area contributed by atoms with Crippen LogP contribution in [0.15, 0.2) is 12.1 Å². The highest BCUT2D eigenvalue weighted by Crippen LogP contribution is 2.17. The number of rotatable bonds is 8. The van der Waals surface area contributed by atoms with Crippen LogP contribution < -0.4 is 10.0 Å². The number of nitrogens with one attached hydrogen (secondary N) is 2. The number of thiophene rings is 1. The summed E-state index contributed by atoms with van der Waals surface area (Å²) in [5.41, 5.74) is 0. The summed E-state index contributed by atoms with van der Waals surface area (Å²) >= 11 is 1.40. The molecule has 1 fully saturated rings. The van der Waals surface area contributed by atoms with Crippen molar-refractivity contribution in [1.29, 1.82) is 0 Å². The van der Waals surface area contributed by atoms with Gasteiger partial charge in [-0.05, 0) is 37.8 Å². The van der Waals surface area contributed by atoms with E-state index < -0.39 is 10.0 Å². The van der Waals surface area contributed by atoms with Gasteiger partial charge in [0.15, 0.2) is 0 Å². The van der Waals surface area contributed by atoms with Crippen molar-refractivity contribution in [2.45, 2.75) is 31.8 Å². The summed E-state index contributed by atoms with van der Waals surface area (Å²) in [6.07, 6.45) is 5.03. The van der Waals surface area contributed by atoms with Crippen LogP contribution in [0.5, 0.6) is 0 Å². The Morgan fingerprint density at radius 1 is 1.41 bits per heavy atom. The summed E-state index contributed by atoms with van der Waals surface area (Å²) in [5, 5.41) is 2.90. The highest BCUT2D eigenvalue weighted by molar-refractivity contribution is 7.88. The quantitative estimate of drug-likeness (QED) is 0.739. The Labute approximate surface area is 135 Å². The molecule has 1 aromatic heterocycles. The van der Waals surface area contributed by atoms with Crippen LogP contribution in [0, 0.1) is 0 Å². The molecule has 1 amide bonds. The van der Waals surface area contributed by atoms with Gasteiger partial charge in [-0.3, -0.25) is 4.79 Å². The number of carbonyl (C=O) groups excluding carboxylic acids is 1. The van der Waals surface area contributed by atoms with Gasteiger partial charge in [-0.15, -0.1) is 11.3 Å². The van der Waals surface area contributed by atoms with Crippen LogP contribution in [-0.4, -0.2) is 46.4 Å². The summed E-state index contributed by atoms with van der Waals surface area (Å²) in [6, 6.07) is 3.64. The van der Waals surface area contributed by atoms with E-state index in [-0.39, 0.29) is 12.0 Å². The molecule has 1 aliphatic heterocycles. The minimum atomic E-state index is -3.16. The lowest BCUT2D eigenvalue weighted by Gasteiger charge is -2.09. The summed E-state index contributed by atoms with van der Waals surface area (Å²) in [7, 11) is -3.16. The van der Waals surface area contributed by atoms with Gasteiger partial charge in [0.2, 0.25) is 10.0 Å². The number of sulfonamides is 1. The van der Waals surface area contributed by atoms with Crippen molar-refractivity contribution < 1.29 is 17.9 Å². The number of ether oxygens (including phenoxy) is 1. The highest BCUT2D eigenvalue weighted by Gasteiger charge is 2.16. The van der Waals surface area contributed by atoms with Crippen molar-refractivity contribution in [3.63, 3.8) is 0 Å². The van der Waals surface area contributed by atoms with E-state index in [0.717, 1.165) is 37.0 Å². The minimum Gasteiger partial charge on any atom is -0.378 e. The van der Waals surface area contributed by atoms with Gasteiger partial charge in [0.25, 0.3) is 5.91 Å². The van der Waals surface area contributed by atoms with Gasteiger partial charge in [-0.25, -0.2) is 13.1 Å². The van der Waals surface area contributed by atoms with E-state index >= 15 is 0 Å². The topological polar surface area (TPSA) is 84.5 Å². The Balaban J connectivity index is 1.71. The van der Waals surface area contributed by atoms with Gasteiger partial charge in [-0.2, -0.15) is 0 Å². The van der Waals surface area contributed by atoms with Gasteiger partial charge >= 0.3 is 0 Å². The van der Waals surface area contributed by atoms with E-state index in [9.17, 15) is 13.2 Å². The molecule has 1 unspecified atom stereocenters. The molecule has 1 saturated heterocycles. The van der Waals surface area contributed by atoms with E-state index in [1.165, 1.54) is 11.3 Å². The molecule has 1 aliphatic rings. The number of hydrogen-bond acceptors (Lipinski definition) is 5. The molecule has 2 N–H and O–H groups in total. The first-order valence-corrected chi connectivity index (χ1v) is 10.1. The van der Waals surface area contributed by atoms with Crippen LogP contribution in [-0.2, 0) is 21.2 Å². The molecule has 0 aliphatic carbocycles. The van der Waals surface area contributed by atoms with Crippen molar-refractivity contribution in [2.24, 2.45) is 0 Å². The van der Waals surface area contributed by atoms with Crippen LogP contribution in [0.2, 0.25) is 0 Å². The van der Waals surface area contributed by atoms with Crippen LogP contribution in [0.25, 0.3) is 0 Å². The molecule has 124 valence electrons. The molecule has 8 heteroatoms. The third-order valence-corrected chi connectivity index (χ3v) is 5.27. The standard InChI is InChI=1S/C14H22N2O4S2/c1-22(18,19)16-9-7-12-4-5-13(21-12)14(17)15-8-6-11-3-2-10-20-11/h4-5,11,16H,2-3,6-10H2,1H3,(H,15,17). The summed E-state index contributed by atoms with van der Waals surface area (Å²) < 4.78 is 29.9. The Morgan fingerprint density at radius 2 is 2.23 bits per heavy atom. The molecule has 2 rings (SSSR count). The third kappa shape index (κ3) is 6.04. The SMILES string of the molecule is CS(=O)(=O)NCCc1ccc(C(=O)NCCC2CCCO2)s1. The molecule has 0 saturated carbocycles. The van der Waals surface area contributed by atoms with Crippen molar-refractivity contribution in [1.82, 2.24) is 10.0 Å². The molecule has 1 aromatic rings. The predicted octanol–water partition coefficient (Wildman–Crippen LogP) is 1.14. The Kier molecular flexibility index (Phi) is 6.37. The van der Waals surface area contributed by atoms with Gasteiger partial charge in [-0.1, -0.05) is 0 Å². The maximum Gasteiger partial charge on any atom is 0.261 e. The van der Waals surface area contributed by atoms with Crippen molar-refractivity contribution >= 4 is 27.3 Å². The average molecular weight is 346 g/mol. The van der Waals surface area contributed by atoms with E-state index in [1.807, 2.05) is 6.07 Å². The molecule has 0 spiro atoms. The fourth-order valence-electron chi connectivity index (χ4n) is 2.30. The first-order valence-electron chi connectivity index (χ1n) is 7.37. The van der Waals surface area contributed by atoms with Gasteiger partial charge in [0, 0.05) is 24.6 Å². The van der Waals surface area contributed by atoms with E-state index in [1.54, 1.807) is 6.07 Å². The zero-order valence-corrected chi connectivity index (χ0v) is 14.3. The van der Waals surface area contributed by atoms with Crippen LogP contribution in [0.3, 0.4) is 0 Å². The maximum absolute atomic E-state index is 12.0. The Bertz CT molecular complexity index is 592. The van der Waals surface area contributed by atoms with Gasteiger partial charge < -0.3 is 10.1 Å². The molecular formula is C14H22N2O4S2. The second kappa shape index (κ2) is 8.05. The second-order valence-corrected chi connectivity index (χ2v) is 8.36. The van der Waals surface area contributed by atoms with Gasteiger partial charge in [0.1, 0.15) is 0 Å². The maximum atomic E-state index is 12.0. The molecule has 6 nitrogen and oxygen atoms in total. The Hall–Kier alpha value is -0.960. The zero-order valence-electron chi connectivity index (χ0n) is 12.6. The lowest BCUT2D eigenvalue weighted by molar-refractivity contribution is 0.0910. The fraction of sp³-hybridized carbons (Fsp3) is 0.643. The average Bonchev–Trinajstić information content (AvgIpc) is 3.08. The van der Waals surface area contributed by atoms with Gasteiger partial charge in [0.05, 0.1) is 17.2 Å². The molecule has 22 heavy (non-hydrogen) atoms. The third-order valence-electron chi connectivity index (χ3n) is 3.40. The molecule has 2 heterocycles. The number of carbonyl (C=O) groups is 1. The first kappa shape index (κ1) is 17.4. The van der Waals surface area contributed by atoms with Crippen LogP contribution >= 0.6 is 11.3 Å². The minimum absolute atomic E-state index is 0.0784. The Morgan fingerprint density at radius 3 is 2.91 bits per heavy atom. The lowest BCUT2D eigenvalue weighted by Crippen LogP contribution is -2.26. The van der Waals surface area contributed by atoms with Crippen LogP contribution in [0.1, 0.15) is 33.8 Å². The van der Waals surface area contributed by atoms with Crippen LogP contribution in [0.4, 0.5) is 0 Å². The molecule has 0 aromatic carbocycles. The first-order chi connectivity index (χ1) is 10.4. The largest absolute Gasteiger partial charge is 0.378 e. The van der Waals surface area contributed by atoms with E-state index in [4.69, 9.17) is 4.74 Å². The van der Waals surface area contributed by atoms with Crippen molar-refractivity contribution in [2.75, 3.05) is 26.0 Å². The fourth-order valence-corrected chi connectivity index (χ4v) is 3.70. The molecule has 1 atom stereocenters. The van der Waals surface area contributed by atoms with Crippen molar-refractivity contribution in [3.05, 3.63) is 21.9 Å². The monoisotopic (exact) mass is 346 g/mol. The zero-order chi connectivity index (χ0) is 16.0. The molecule has 0 bridgehead atoms. The molecule has 0 radical (unpaired) electrons. The number of hydrogen-bond donors (Lipinski definition) is 2. The second-order valence-electron chi connectivity index (χ2n) is 5.36. The van der Waals surface area contributed by atoms with E-state index in [2.05, 4.69) is 10.0 Å². The summed E-state index contributed by atoms with van der Waals surface area (Å²) in [6.45, 7) is 1.79. The smallest absolute Gasteiger partial charge is 0.261 e. The highest BCUT2D eigenvalue weighted by atomic mass is 32.2. The summed E-state index contributed by atoms with van der Waals surface area (Å²) in [5.74, 6) is -0.0784. The predicted molar refractivity (Wildman–Crippen MR) is 86.8 cm³/mol.